The summed E-state index contributed by atoms with van der Waals surface area (Å²) in [7, 11) is 0. The summed E-state index contributed by atoms with van der Waals surface area (Å²) in [6.07, 6.45) is 2.62. The van der Waals surface area contributed by atoms with E-state index in [-0.39, 0.29) is 17.9 Å². The number of hydrogen-bond donors (Lipinski definition) is 3. The van der Waals surface area contributed by atoms with Gasteiger partial charge in [0.25, 0.3) is 5.91 Å². The summed E-state index contributed by atoms with van der Waals surface area (Å²) >= 11 is 0. The lowest BCUT2D eigenvalue weighted by Crippen LogP contribution is -2.13. The van der Waals surface area contributed by atoms with Gasteiger partial charge in [-0.05, 0) is 30.7 Å². The monoisotopic (exact) mass is 282 g/mol. The van der Waals surface area contributed by atoms with Gasteiger partial charge in [-0.25, -0.2) is 0 Å². The zero-order chi connectivity index (χ0) is 15.2. The fraction of sp³-hybridized carbons (Fsp3) is 0.125. The van der Waals surface area contributed by atoms with E-state index in [1.54, 1.807) is 12.1 Å². The second kappa shape index (κ2) is 6.55. The number of aromatic hydroxyl groups is 1. The molecule has 0 radical (unpaired) electrons. The molecule has 0 atom stereocenters. The fourth-order valence-electron chi connectivity index (χ4n) is 1.75. The lowest BCUT2D eigenvalue weighted by atomic mass is 10.1. The smallest absolute Gasteiger partial charge is 0.257 e. The first kappa shape index (κ1) is 14.6. The van der Waals surface area contributed by atoms with Crippen LogP contribution in [-0.2, 0) is 0 Å². The highest BCUT2D eigenvalue weighted by atomic mass is 16.3. The molecule has 0 aliphatic heterocycles. The van der Waals surface area contributed by atoms with E-state index >= 15 is 0 Å². The van der Waals surface area contributed by atoms with Crippen LogP contribution >= 0.6 is 0 Å². The summed E-state index contributed by atoms with van der Waals surface area (Å²) < 4.78 is 0. The van der Waals surface area contributed by atoms with E-state index in [1.807, 2.05) is 13.0 Å². The predicted molar refractivity (Wildman–Crippen MR) is 79.0 cm³/mol. The van der Waals surface area contributed by atoms with Crippen LogP contribution in [0.5, 0.6) is 5.75 Å². The largest absolute Gasteiger partial charge is 0.506 e. The molecule has 5 heteroatoms. The third-order valence-electron chi connectivity index (χ3n) is 2.71. The van der Waals surface area contributed by atoms with Crippen LogP contribution in [0.1, 0.15) is 21.5 Å². The Hall–Kier alpha value is -2.84. The summed E-state index contributed by atoms with van der Waals surface area (Å²) in [6.45, 7) is 1.65. The molecule has 1 aromatic heterocycles. The van der Waals surface area contributed by atoms with Gasteiger partial charge in [-0.3, -0.25) is 9.78 Å². The molecule has 0 unspecified atom stereocenters. The first-order chi connectivity index (χ1) is 10.1. The van der Waals surface area contributed by atoms with E-state index in [0.717, 1.165) is 5.56 Å². The number of anilines is 1. The van der Waals surface area contributed by atoms with Crippen LogP contribution in [0.3, 0.4) is 0 Å². The maximum Gasteiger partial charge on any atom is 0.257 e. The van der Waals surface area contributed by atoms with Crippen molar-refractivity contribution in [2.24, 2.45) is 0 Å². The standard InChI is InChI=1S/C16H14N2O3/c1-11-4-5-12(3-2-6-19)15(7-11)18-16(21)13-8-14(20)10-17-9-13/h4-5,7-10,19-20H,6H2,1H3,(H,18,21). The third-order valence-corrected chi connectivity index (χ3v) is 2.71. The van der Waals surface area contributed by atoms with Gasteiger partial charge < -0.3 is 15.5 Å². The van der Waals surface area contributed by atoms with E-state index in [9.17, 15) is 9.90 Å². The molecule has 1 heterocycles. The Kier molecular flexibility index (Phi) is 4.54. The normalized spacial score (nSPS) is 9.62. The highest BCUT2D eigenvalue weighted by Gasteiger charge is 2.10. The molecule has 2 aromatic rings. The highest BCUT2D eigenvalue weighted by Crippen LogP contribution is 2.18. The van der Waals surface area contributed by atoms with Crippen molar-refractivity contribution in [2.75, 3.05) is 11.9 Å². The van der Waals surface area contributed by atoms with Crippen molar-refractivity contribution >= 4 is 11.6 Å². The maximum atomic E-state index is 12.1. The second-order valence-corrected chi connectivity index (χ2v) is 4.39. The van der Waals surface area contributed by atoms with Crippen LogP contribution in [0, 0.1) is 18.8 Å². The number of nitrogens with one attached hydrogen (secondary N) is 1. The van der Waals surface area contributed by atoms with Gasteiger partial charge in [0.15, 0.2) is 0 Å². The molecule has 0 spiro atoms. The van der Waals surface area contributed by atoms with Gasteiger partial charge in [0.1, 0.15) is 12.4 Å². The molecule has 3 N–H and O–H groups in total. The van der Waals surface area contributed by atoms with Crippen molar-refractivity contribution in [1.82, 2.24) is 4.98 Å². The molecular formula is C16H14N2O3. The SMILES string of the molecule is Cc1ccc(C#CCO)c(NC(=O)c2cncc(O)c2)c1. The quantitative estimate of drug-likeness (QED) is 0.732. The van der Waals surface area contributed by atoms with Crippen LogP contribution in [-0.4, -0.2) is 27.7 Å². The van der Waals surface area contributed by atoms with Gasteiger partial charge in [-0.2, -0.15) is 0 Å². The van der Waals surface area contributed by atoms with Gasteiger partial charge in [0.2, 0.25) is 0 Å². The topological polar surface area (TPSA) is 82.5 Å². The number of aryl methyl sites for hydroxylation is 1. The number of rotatable bonds is 2. The van der Waals surface area contributed by atoms with Crippen molar-refractivity contribution in [3.63, 3.8) is 0 Å². The Morgan fingerprint density at radius 2 is 2.14 bits per heavy atom. The molecule has 2 rings (SSSR count). The summed E-state index contributed by atoms with van der Waals surface area (Å²) in [5, 5.41) is 20.8. The Labute approximate surface area is 122 Å². The zero-order valence-electron chi connectivity index (χ0n) is 11.4. The first-order valence-electron chi connectivity index (χ1n) is 6.26. The van der Waals surface area contributed by atoms with E-state index in [4.69, 9.17) is 5.11 Å². The van der Waals surface area contributed by atoms with Crippen LogP contribution in [0.4, 0.5) is 5.69 Å². The molecule has 0 aliphatic carbocycles. The number of amides is 1. The van der Waals surface area contributed by atoms with Crippen LogP contribution < -0.4 is 5.32 Å². The molecular weight excluding hydrogens is 268 g/mol. The number of carbonyl (C=O) groups is 1. The van der Waals surface area contributed by atoms with E-state index in [0.29, 0.717) is 11.3 Å². The van der Waals surface area contributed by atoms with Gasteiger partial charge >= 0.3 is 0 Å². The average molecular weight is 282 g/mol. The van der Waals surface area contributed by atoms with Crippen molar-refractivity contribution < 1.29 is 15.0 Å². The van der Waals surface area contributed by atoms with E-state index in [2.05, 4.69) is 22.1 Å². The minimum absolute atomic E-state index is 0.0767. The molecule has 1 aromatic carbocycles. The summed E-state index contributed by atoms with van der Waals surface area (Å²) in [6, 6.07) is 6.76. The van der Waals surface area contributed by atoms with Crippen LogP contribution in [0.15, 0.2) is 36.7 Å². The van der Waals surface area contributed by atoms with Crippen molar-refractivity contribution in [2.45, 2.75) is 6.92 Å². The van der Waals surface area contributed by atoms with Gasteiger partial charge in [0, 0.05) is 11.8 Å². The van der Waals surface area contributed by atoms with Crippen LogP contribution in [0.2, 0.25) is 0 Å². The van der Waals surface area contributed by atoms with Gasteiger partial charge in [-0.1, -0.05) is 17.9 Å². The average Bonchev–Trinajstić information content (AvgIpc) is 2.46. The second-order valence-electron chi connectivity index (χ2n) is 4.39. The third kappa shape index (κ3) is 3.81. The van der Waals surface area contributed by atoms with Gasteiger partial charge in [0.05, 0.1) is 17.4 Å². The molecule has 21 heavy (non-hydrogen) atoms. The number of hydrogen-bond acceptors (Lipinski definition) is 4. The number of aliphatic hydroxyl groups is 1. The number of nitrogens with zero attached hydrogens (tertiary/aromatic N) is 1. The molecule has 0 saturated carbocycles. The molecule has 0 bridgehead atoms. The number of carbonyl (C=O) groups excluding carboxylic acids is 1. The van der Waals surface area contributed by atoms with Crippen molar-refractivity contribution in [3.8, 4) is 17.6 Å². The zero-order valence-corrected chi connectivity index (χ0v) is 11.4. The first-order valence-corrected chi connectivity index (χ1v) is 6.26. The molecule has 106 valence electrons. The Bertz CT molecular complexity index is 730. The van der Waals surface area contributed by atoms with Crippen LogP contribution in [0.25, 0.3) is 0 Å². The highest BCUT2D eigenvalue weighted by molar-refractivity contribution is 6.05. The minimum atomic E-state index is -0.393. The summed E-state index contributed by atoms with van der Waals surface area (Å²) in [4.78, 5) is 15.9. The maximum absolute atomic E-state index is 12.1. The van der Waals surface area contributed by atoms with Crippen molar-refractivity contribution in [1.29, 1.82) is 0 Å². The molecule has 1 amide bonds. The molecule has 5 nitrogen and oxygen atoms in total. The number of pyridine rings is 1. The fourth-order valence-corrected chi connectivity index (χ4v) is 1.75. The summed E-state index contributed by atoms with van der Waals surface area (Å²) in [5.41, 5.74) is 2.37. The number of aromatic nitrogens is 1. The Morgan fingerprint density at radius 1 is 1.33 bits per heavy atom. The lowest BCUT2D eigenvalue weighted by Gasteiger charge is -2.08. The summed E-state index contributed by atoms with van der Waals surface area (Å²) in [5.74, 6) is 4.86. The molecule has 0 fully saturated rings. The Balaban J connectivity index is 2.30. The Morgan fingerprint density at radius 3 is 2.86 bits per heavy atom. The minimum Gasteiger partial charge on any atom is -0.506 e. The predicted octanol–water partition coefficient (Wildman–Crippen LogP) is 1.69. The molecule has 0 aliphatic rings. The van der Waals surface area contributed by atoms with E-state index in [1.165, 1.54) is 18.5 Å². The van der Waals surface area contributed by atoms with E-state index < -0.39 is 5.91 Å². The van der Waals surface area contributed by atoms with Gasteiger partial charge in [-0.15, -0.1) is 0 Å². The number of aliphatic hydroxyl groups excluding tert-OH is 1. The number of benzene rings is 1. The van der Waals surface area contributed by atoms with Crippen molar-refractivity contribution in [3.05, 3.63) is 53.3 Å². The molecule has 0 saturated heterocycles. The lowest BCUT2D eigenvalue weighted by molar-refractivity contribution is 0.102.